The molecule has 0 aliphatic rings. The first-order valence-electron chi connectivity index (χ1n) is 7.13. The second-order valence-electron chi connectivity index (χ2n) is 5.64. The predicted molar refractivity (Wildman–Crippen MR) is 85.4 cm³/mol. The minimum Gasteiger partial charge on any atom is -0.497 e. The van der Waals surface area contributed by atoms with Crippen molar-refractivity contribution in [3.63, 3.8) is 0 Å². The highest BCUT2D eigenvalue weighted by molar-refractivity contribution is 5.85. The van der Waals surface area contributed by atoms with Crippen molar-refractivity contribution in [2.75, 3.05) is 14.2 Å². The fourth-order valence-electron chi connectivity index (χ4n) is 2.09. The maximum Gasteiger partial charge on any atom is 0.328 e. The fourth-order valence-corrected chi connectivity index (χ4v) is 2.09. The highest BCUT2D eigenvalue weighted by Crippen LogP contribution is 2.22. The van der Waals surface area contributed by atoms with Crippen molar-refractivity contribution in [3.8, 4) is 5.75 Å². The molecule has 0 saturated carbocycles. The number of carboxylic acids is 1. The van der Waals surface area contributed by atoms with Gasteiger partial charge in [-0.2, -0.15) is 0 Å². The smallest absolute Gasteiger partial charge is 0.328 e. The lowest BCUT2D eigenvalue weighted by molar-refractivity contribution is -0.131. The van der Waals surface area contributed by atoms with Crippen LogP contribution in [0.5, 0.6) is 5.75 Å². The second kappa shape index (κ2) is 7.84. The molecule has 0 amide bonds. The Morgan fingerprint density at radius 2 is 2.05 bits per heavy atom. The van der Waals surface area contributed by atoms with Crippen LogP contribution in [0.3, 0.4) is 0 Å². The highest BCUT2D eigenvalue weighted by Gasteiger charge is 2.14. The highest BCUT2D eigenvalue weighted by atomic mass is 16.5. The normalized spacial score (nSPS) is 13.1. The molecule has 1 aromatic carbocycles. The monoisotopic (exact) mass is 291 g/mol. The molecule has 21 heavy (non-hydrogen) atoms. The lowest BCUT2D eigenvalue weighted by Crippen LogP contribution is -2.32. The average molecular weight is 291 g/mol. The summed E-state index contributed by atoms with van der Waals surface area (Å²) in [5.41, 5.74) is 1.96. The van der Waals surface area contributed by atoms with Crippen molar-refractivity contribution in [2.24, 2.45) is 5.92 Å². The summed E-state index contributed by atoms with van der Waals surface area (Å²) in [6, 6.07) is 6.14. The summed E-state index contributed by atoms with van der Waals surface area (Å²) in [5.74, 6) is 0.391. The summed E-state index contributed by atoms with van der Waals surface area (Å²) < 4.78 is 5.27. The number of nitrogens with zero attached hydrogens (tertiary/aromatic N) is 1. The molecule has 0 spiro atoms. The molecule has 1 aromatic rings. The number of benzene rings is 1. The number of carbonyl (C=O) groups is 1. The van der Waals surface area contributed by atoms with Crippen LogP contribution in [0.25, 0.3) is 6.08 Å². The van der Waals surface area contributed by atoms with Gasteiger partial charge in [-0.3, -0.25) is 4.90 Å². The zero-order valence-corrected chi connectivity index (χ0v) is 13.5. The van der Waals surface area contributed by atoms with Gasteiger partial charge in [-0.1, -0.05) is 19.9 Å². The van der Waals surface area contributed by atoms with Crippen LogP contribution < -0.4 is 4.74 Å². The minimum absolute atomic E-state index is 0.438. The number of methoxy groups -OCH3 is 1. The lowest BCUT2D eigenvalue weighted by atomic mass is 10.0. The third-order valence-corrected chi connectivity index (χ3v) is 3.84. The number of carboxylic acid groups (broad SMARTS) is 1. The van der Waals surface area contributed by atoms with Crippen molar-refractivity contribution < 1.29 is 14.6 Å². The van der Waals surface area contributed by atoms with Gasteiger partial charge >= 0.3 is 5.97 Å². The number of aliphatic carboxylic acids is 1. The van der Waals surface area contributed by atoms with Gasteiger partial charge in [-0.05, 0) is 49.2 Å². The van der Waals surface area contributed by atoms with Crippen LogP contribution in [-0.4, -0.2) is 36.2 Å². The molecule has 1 rings (SSSR count). The van der Waals surface area contributed by atoms with Gasteiger partial charge in [0.15, 0.2) is 0 Å². The molecule has 0 bridgehead atoms. The molecule has 116 valence electrons. The Hall–Kier alpha value is -1.81. The van der Waals surface area contributed by atoms with Crippen LogP contribution in [0.15, 0.2) is 24.3 Å². The quantitative estimate of drug-likeness (QED) is 0.783. The van der Waals surface area contributed by atoms with Crippen molar-refractivity contribution in [3.05, 3.63) is 35.4 Å². The zero-order chi connectivity index (χ0) is 16.0. The Bertz CT molecular complexity index is 509. The molecule has 4 nitrogen and oxygen atoms in total. The van der Waals surface area contributed by atoms with E-state index in [2.05, 4.69) is 32.7 Å². The zero-order valence-electron chi connectivity index (χ0n) is 13.5. The summed E-state index contributed by atoms with van der Waals surface area (Å²) in [4.78, 5) is 13.0. The van der Waals surface area contributed by atoms with E-state index in [1.165, 1.54) is 0 Å². The Balaban J connectivity index is 3.03. The third-order valence-electron chi connectivity index (χ3n) is 3.84. The lowest BCUT2D eigenvalue weighted by Gasteiger charge is -2.28. The Kier molecular flexibility index (Phi) is 6.43. The SMILES string of the molecule is COc1ccc(C=CC(=O)O)c(CN(C)C(C)C(C)C)c1. The van der Waals surface area contributed by atoms with E-state index in [1.54, 1.807) is 13.2 Å². The summed E-state index contributed by atoms with van der Waals surface area (Å²) in [6.07, 6.45) is 2.79. The summed E-state index contributed by atoms with van der Waals surface area (Å²) in [5, 5.41) is 8.79. The van der Waals surface area contributed by atoms with Crippen LogP contribution in [0.2, 0.25) is 0 Å². The molecular weight excluding hydrogens is 266 g/mol. The largest absolute Gasteiger partial charge is 0.497 e. The van der Waals surface area contributed by atoms with Crippen LogP contribution >= 0.6 is 0 Å². The van der Waals surface area contributed by atoms with E-state index in [1.807, 2.05) is 18.2 Å². The number of hydrogen-bond acceptors (Lipinski definition) is 3. The molecule has 4 heteroatoms. The van der Waals surface area contributed by atoms with Gasteiger partial charge in [0.2, 0.25) is 0 Å². The molecule has 0 radical (unpaired) electrons. The van der Waals surface area contributed by atoms with Gasteiger partial charge in [-0.25, -0.2) is 4.79 Å². The maximum absolute atomic E-state index is 10.7. The molecule has 0 aliphatic carbocycles. The molecule has 0 fully saturated rings. The van der Waals surface area contributed by atoms with Gasteiger partial charge in [0.25, 0.3) is 0 Å². The molecule has 0 aromatic heterocycles. The van der Waals surface area contributed by atoms with E-state index in [9.17, 15) is 4.79 Å². The Morgan fingerprint density at radius 3 is 2.57 bits per heavy atom. The van der Waals surface area contributed by atoms with Crippen LogP contribution in [-0.2, 0) is 11.3 Å². The predicted octanol–water partition coefficient (Wildman–Crippen LogP) is 3.27. The molecule has 0 heterocycles. The molecular formula is C17H25NO3. The molecule has 0 aliphatic heterocycles. The molecule has 1 atom stereocenters. The topological polar surface area (TPSA) is 49.8 Å². The van der Waals surface area contributed by atoms with E-state index >= 15 is 0 Å². The van der Waals surface area contributed by atoms with E-state index in [0.29, 0.717) is 12.0 Å². The van der Waals surface area contributed by atoms with Gasteiger partial charge in [0.05, 0.1) is 7.11 Å². The Morgan fingerprint density at radius 1 is 1.38 bits per heavy atom. The van der Waals surface area contributed by atoms with E-state index in [-0.39, 0.29) is 0 Å². The van der Waals surface area contributed by atoms with Crippen molar-refractivity contribution in [1.82, 2.24) is 4.90 Å². The van der Waals surface area contributed by atoms with Crippen molar-refractivity contribution in [1.29, 1.82) is 0 Å². The van der Waals surface area contributed by atoms with Crippen LogP contribution in [0.4, 0.5) is 0 Å². The molecule has 1 N–H and O–H groups in total. The maximum atomic E-state index is 10.7. The first-order valence-corrected chi connectivity index (χ1v) is 7.13. The number of rotatable bonds is 7. The van der Waals surface area contributed by atoms with Gasteiger partial charge in [0, 0.05) is 18.7 Å². The van der Waals surface area contributed by atoms with Crippen LogP contribution in [0.1, 0.15) is 31.9 Å². The number of hydrogen-bond donors (Lipinski definition) is 1. The van der Waals surface area contributed by atoms with E-state index in [4.69, 9.17) is 9.84 Å². The third kappa shape index (κ3) is 5.23. The van der Waals surface area contributed by atoms with Crippen molar-refractivity contribution >= 4 is 12.0 Å². The molecule has 1 unspecified atom stereocenters. The molecule has 0 saturated heterocycles. The number of ether oxygens (including phenoxy) is 1. The first-order chi connectivity index (χ1) is 9.85. The van der Waals surface area contributed by atoms with E-state index in [0.717, 1.165) is 29.5 Å². The standard InChI is InChI=1S/C17H25NO3/c1-12(2)13(3)18(4)11-15-10-16(21-5)8-6-14(15)7-9-17(19)20/h6-10,12-13H,11H2,1-5H3,(H,19,20). The summed E-state index contributed by atoms with van der Waals surface area (Å²) >= 11 is 0. The minimum atomic E-state index is -0.944. The van der Waals surface area contributed by atoms with E-state index < -0.39 is 5.97 Å². The van der Waals surface area contributed by atoms with Crippen molar-refractivity contribution in [2.45, 2.75) is 33.4 Å². The second-order valence-corrected chi connectivity index (χ2v) is 5.64. The average Bonchev–Trinajstić information content (AvgIpc) is 2.44. The van der Waals surface area contributed by atoms with Gasteiger partial charge in [-0.15, -0.1) is 0 Å². The summed E-state index contributed by atoms with van der Waals surface area (Å²) in [6.45, 7) is 7.32. The van der Waals surface area contributed by atoms with Gasteiger partial charge in [0.1, 0.15) is 5.75 Å². The van der Waals surface area contributed by atoms with Gasteiger partial charge < -0.3 is 9.84 Å². The van der Waals surface area contributed by atoms with Crippen LogP contribution in [0, 0.1) is 5.92 Å². The summed E-state index contributed by atoms with van der Waals surface area (Å²) in [7, 11) is 3.71. The Labute approximate surface area is 127 Å². The first kappa shape index (κ1) is 17.2. The fraction of sp³-hybridized carbons (Fsp3) is 0.471.